The van der Waals surface area contributed by atoms with Crippen molar-refractivity contribution in [3.63, 3.8) is 0 Å². The van der Waals surface area contributed by atoms with E-state index in [0.29, 0.717) is 5.71 Å². The van der Waals surface area contributed by atoms with Gasteiger partial charge in [0.1, 0.15) is 0 Å². The zero-order chi connectivity index (χ0) is 26.5. The van der Waals surface area contributed by atoms with Gasteiger partial charge in [0.15, 0.2) is 0 Å². The van der Waals surface area contributed by atoms with Crippen LogP contribution in [0.25, 0.3) is 0 Å². The van der Waals surface area contributed by atoms with Crippen molar-refractivity contribution in [2.24, 2.45) is 5.10 Å². The van der Waals surface area contributed by atoms with Crippen molar-refractivity contribution in [1.29, 1.82) is 0 Å². The van der Waals surface area contributed by atoms with Gasteiger partial charge in [-0.2, -0.15) is 18.4 Å². The summed E-state index contributed by atoms with van der Waals surface area (Å²) in [4.78, 5) is 2.65. The Morgan fingerprint density at radius 1 is 0.632 bits per heavy atom. The maximum Gasteiger partial charge on any atom is 0.276 e. The third-order valence-electron chi connectivity index (χ3n) is 7.36. The van der Waals surface area contributed by atoms with Gasteiger partial charge in [-0.1, -0.05) is 78.4 Å². The summed E-state index contributed by atoms with van der Waals surface area (Å²) in [6.45, 7) is 3.80. The highest BCUT2D eigenvalue weighted by atomic mass is 32.2. The van der Waals surface area contributed by atoms with Crippen LogP contribution in [0.1, 0.15) is 51.4 Å². The Kier molecular flexibility index (Phi) is 7.75. The summed E-state index contributed by atoms with van der Waals surface area (Å²) in [7, 11) is -3.74. The molecule has 0 radical (unpaired) electrons. The lowest BCUT2D eigenvalue weighted by atomic mass is 9.93. The summed E-state index contributed by atoms with van der Waals surface area (Å²) in [5.74, 6) is 0. The van der Waals surface area contributed by atoms with Gasteiger partial charge in [-0.15, -0.1) is 0 Å². The van der Waals surface area contributed by atoms with Crippen LogP contribution in [0.2, 0.25) is 0 Å². The lowest BCUT2D eigenvalue weighted by Crippen LogP contribution is -2.20. The van der Waals surface area contributed by atoms with E-state index in [-0.39, 0.29) is 4.90 Å². The van der Waals surface area contributed by atoms with E-state index in [4.69, 9.17) is 0 Å². The number of benzene rings is 4. The van der Waals surface area contributed by atoms with Gasteiger partial charge < -0.3 is 0 Å². The van der Waals surface area contributed by atoms with Crippen molar-refractivity contribution in [3.8, 4) is 0 Å². The average Bonchev–Trinajstić information content (AvgIpc) is 2.94. The van der Waals surface area contributed by atoms with E-state index < -0.39 is 10.0 Å². The maximum atomic E-state index is 12.8. The minimum Gasteiger partial charge on any atom is -0.200 e. The van der Waals surface area contributed by atoms with E-state index in [1.54, 1.807) is 24.3 Å². The van der Waals surface area contributed by atoms with Crippen LogP contribution in [0.3, 0.4) is 0 Å². The van der Waals surface area contributed by atoms with Crippen LogP contribution in [-0.2, 0) is 48.5 Å². The molecular weight excluding hydrogens is 488 g/mol. The predicted octanol–water partition coefficient (Wildman–Crippen LogP) is 6.37. The lowest BCUT2D eigenvalue weighted by Gasteiger charge is -2.14. The van der Waals surface area contributed by atoms with E-state index in [9.17, 15) is 8.42 Å². The fourth-order valence-electron chi connectivity index (χ4n) is 4.89. The molecule has 4 aromatic rings. The summed E-state index contributed by atoms with van der Waals surface area (Å²) in [6, 6.07) is 31.2. The fraction of sp³-hybridized carbons (Fsp3) is 0.242. The van der Waals surface area contributed by atoms with E-state index in [0.717, 1.165) is 49.7 Å². The fourth-order valence-corrected chi connectivity index (χ4v) is 5.75. The molecule has 0 unspecified atom stereocenters. The first kappa shape index (κ1) is 25.9. The van der Waals surface area contributed by atoms with Crippen molar-refractivity contribution in [1.82, 2.24) is 4.83 Å². The molecule has 0 spiro atoms. The molecule has 6 aliphatic carbocycles. The molecule has 0 aliphatic heterocycles. The normalized spacial score (nSPS) is 14.3. The zero-order valence-corrected chi connectivity index (χ0v) is 22.9. The van der Waals surface area contributed by atoms with Gasteiger partial charge in [-0.3, -0.25) is 0 Å². The highest BCUT2D eigenvalue weighted by molar-refractivity contribution is 7.89. The van der Waals surface area contributed by atoms with Gasteiger partial charge in [0, 0.05) is 5.56 Å². The number of rotatable bonds is 4. The standard InChI is InChI=1S/C33H34N2O2S/c1-24-3-21-32(22-4-24)38(36,37)35-34-25(2)33-23-30-16-15-28-9-7-26(8-10-28)5-6-27-11-13-29(14-12-27)17-19-31(33)20-18-30/h3-4,7-14,18,20-23,35H,5-6,15-17,19H2,1-2H3/b34-25-. The minimum absolute atomic E-state index is 0.205. The Bertz CT molecular complexity index is 1540. The SMILES string of the molecule is C/C(=N/NS(=O)(=O)c1ccc(C)cc1)c1cc2ccc1CCc1ccc(cc1)CCc1ccc(cc1)CC2. The predicted molar refractivity (Wildman–Crippen MR) is 155 cm³/mol. The molecule has 5 heteroatoms. The highest BCUT2D eigenvalue weighted by Gasteiger charge is 2.14. The first-order valence-electron chi connectivity index (χ1n) is 13.3. The summed E-state index contributed by atoms with van der Waals surface area (Å²) in [5, 5.41) is 4.35. The second-order valence-electron chi connectivity index (χ2n) is 10.2. The first-order valence-corrected chi connectivity index (χ1v) is 14.7. The molecule has 10 rings (SSSR count). The number of aryl methyl sites for hydroxylation is 7. The van der Waals surface area contributed by atoms with Crippen molar-refractivity contribution in [2.45, 2.75) is 57.3 Å². The number of hydrazone groups is 1. The number of nitrogens with one attached hydrogen (secondary N) is 1. The second kappa shape index (κ2) is 11.4. The van der Waals surface area contributed by atoms with Crippen LogP contribution in [-0.4, -0.2) is 14.1 Å². The summed E-state index contributed by atoms with van der Waals surface area (Å²) >= 11 is 0. The van der Waals surface area contributed by atoms with Crippen molar-refractivity contribution in [2.75, 3.05) is 0 Å². The van der Waals surface area contributed by atoms with E-state index in [2.05, 4.69) is 76.7 Å². The Labute approximate surface area is 226 Å². The molecule has 0 aromatic heterocycles. The molecule has 4 nitrogen and oxygen atoms in total. The van der Waals surface area contributed by atoms with Crippen LogP contribution >= 0.6 is 0 Å². The van der Waals surface area contributed by atoms with Crippen molar-refractivity contribution < 1.29 is 8.42 Å². The van der Waals surface area contributed by atoms with E-state index in [1.807, 2.05) is 13.8 Å². The number of hydrogen-bond acceptors (Lipinski definition) is 3. The molecule has 0 amide bonds. The largest absolute Gasteiger partial charge is 0.276 e. The lowest BCUT2D eigenvalue weighted by molar-refractivity contribution is 0.584. The van der Waals surface area contributed by atoms with Crippen LogP contribution < -0.4 is 4.83 Å². The van der Waals surface area contributed by atoms with Gasteiger partial charge >= 0.3 is 0 Å². The Morgan fingerprint density at radius 3 is 1.61 bits per heavy atom. The molecule has 0 heterocycles. The Hall–Kier alpha value is -3.70. The quantitative estimate of drug-likeness (QED) is 0.250. The van der Waals surface area contributed by atoms with Crippen LogP contribution in [0.5, 0.6) is 0 Å². The number of nitrogens with zero attached hydrogens (tertiary/aromatic N) is 1. The monoisotopic (exact) mass is 522 g/mol. The molecule has 6 bridgehead atoms. The first-order chi connectivity index (χ1) is 18.4. The number of hydrogen-bond donors (Lipinski definition) is 1. The smallest absolute Gasteiger partial charge is 0.200 e. The topological polar surface area (TPSA) is 58.5 Å². The van der Waals surface area contributed by atoms with E-state index >= 15 is 0 Å². The summed E-state index contributed by atoms with van der Waals surface area (Å²) < 4.78 is 25.7. The third kappa shape index (κ3) is 6.40. The van der Waals surface area contributed by atoms with Gasteiger partial charge in [-0.05, 0) is 104 Å². The van der Waals surface area contributed by atoms with Crippen LogP contribution in [0, 0.1) is 6.92 Å². The van der Waals surface area contributed by atoms with Crippen molar-refractivity contribution >= 4 is 15.7 Å². The van der Waals surface area contributed by atoms with Crippen LogP contribution in [0.15, 0.2) is 101 Å². The molecular formula is C33H34N2O2S. The third-order valence-corrected chi connectivity index (χ3v) is 8.59. The number of sulfonamides is 1. The molecule has 194 valence electrons. The molecule has 0 atom stereocenters. The molecule has 0 saturated carbocycles. The van der Waals surface area contributed by atoms with Gasteiger partial charge in [0.05, 0.1) is 10.6 Å². The highest BCUT2D eigenvalue weighted by Crippen LogP contribution is 2.20. The van der Waals surface area contributed by atoms with E-state index in [1.165, 1.54) is 33.4 Å². The zero-order valence-electron chi connectivity index (χ0n) is 22.1. The molecule has 38 heavy (non-hydrogen) atoms. The molecule has 0 fully saturated rings. The summed E-state index contributed by atoms with van der Waals surface area (Å²) in [5.41, 5.74) is 10.4. The molecule has 0 saturated heterocycles. The molecule has 6 aliphatic rings. The molecule has 4 aromatic carbocycles. The van der Waals surface area contributed by atoms with Crippen molar-refractivity contribution in [3.05, 3.63) is 136 Å². The Morgan fingerprint density at radius 2 is 1.08 bits per heavy atom. The molecule has 1 N–H and O–H groups in total. The van der Waals surface area contributed by atoms with Gasteiger partial charge in [0.25, 0.3) is 10.0 Å². The summed E-state index contributed by atoms with van der Waals surface area (Å²) in [6.07, 6.45) is 5.73. The van der Waals surface area contributed by atoms with Crippen LogP contribution in [0.4, 0.5) is 0 Å². The maximum absolute atomic E-state index is 12.8. The Balaban J connectivity index is 1.45. The second-order valence-corrected chi connectivity index (χ2v) is 11.9. The minimum atomic E-state index is -3.74. The average molecular weight is 523 g/mol. The van der Waals surface area contributed by atoms with Gasteiger partial charge in [-0.25, -0.2) is 0 Å². The van der Waals surface area contributed by atoms with Gasteiger partial charge in [0.2, 0.25) is 0 Å².